The van der Waals surface area contributed by atoms with E-state index in [1.165, 1.54) is 16.8 Å². The lowest BCUT2D eigenvalue weighted by molar-refractivity contribution is -0.136. The first-order chi connectivity index (χ1) is 11.9. The van der Waals surface area contributed by atoms with E-state index in [1.807, 2.05) is 26.0 Å². The molecule has 0 saturated heterocycles. The molecule has 2 N–H and O–H groups in total. The van der Waals surface area contributed by atoms with Crippen LogP contribution in [-0.2, 0) is 9.59 Å². The summed E-state index contributed by atoms with van der Waals surface area (Å²) in [5.74, 6) is -0.441. The van der Waals surface area contributed by atoms with Gasteiger partial charge in [-0.25, -0.2) is 5.01 Å². The highest BCUT2D eigenvalue weighted by atomic mass is 32.2. The van der Waals surface area contributed by atoms with Crippen molar-refractivity contribution in [3.8, 4) is 0 Å². The molecule has 132 valence electrons. The van der Waals surface area contributed by atoms with Gasteiger partial charge in [-0.05, 0) is 26.0 Å². The molecule has 2 rings (SSSR count). The number of likely N-dealkylation sites (N-methyl/N-ethyl adjacent to an activating group) is 1. The third-order valence-electron chi connectivity index (χ3n) is 3.49. The highest BCUT2D eigenvalue weighted by molar-refractivity contribution is 8.18. The molecule has 1 aromatic heterocycles. The summed E-state index contributed by atoms with van der Waals surface area (Å²) in [6.07, 6.45) is 2.37. The zero-order valence-electron chi connectivity index (χ0n) is 14.3. The van der Waals surface area contributed by atoms with Crippen LogP contribution in [0.15, 0.2) is 34.9 Å². The van der Waals surface area contributed by atoms with Crippen molar-refractivity contribution in [3.05, 3.63) is 41.1 Å². The van der Waals surface area contributed by atoms with Gasteiger partial charge in [0.25, 0.3) is 0 Å². The second-order valence-corrected chi connectivity index (χ2v) is 6.60. The molecule has 7 nitrogen and oxygen atoms in total. The smallest absolute Gasteiger partial charge is 0.243 e. The summed E-state index contributed by atoms with van der Waals surface area (Å²) in [7, 11) is 0. The van der Waals surface area contributed by atoms with Gasteiger partial charge in [0.15, 0.2) is 0 Å². The highest BCUT2D eigenvalue weighted by Gasteiger charge is 2.24. The number of hydrogen-bond acceptors (Lipinski definition) is 6. The van der Waals surface area contributed by atoms with Crippen LogP contribution in [0.3, 0.4) is 0 Å². The molecule has 0 aliphatic carbocycles. The molecular formula is C17H21N5O2S. The fourth-order valence-electron chi connectivity index (χ4n) is 2.16. The van der Waals surface area contributed by atoms with Crippen LogP contribution in [-0.4, -0.2) is 45.7 Å². The van der Waals surface area contributed by atoms with Crippen LogP contribution in [0, 0.1) is 12.3 Å². The Balaban J connectivity index is 2.04. The molecule has 0 unspecified atom stereocenters. The van der Waals surface area contributed by atoms with Gasteiger partial charge in [-0.3, -0.25) is 20.0 Å². The number of allylic oxidation sites excluding steroid dienone is 1. The van der Waals surface area contributed by atoms with Crippen LogP contribution in [0.4, 0.5) is 0 Å². The quantitative estimate of drug-likeness (QED) is 0.600. The first kappa shape index (κ1) is 18.9. The van der Waals surface area contributed by atoms with Crippen molar-refractivity contribution in [1.29, 1.82) is 5.41 Å². The maximum Gasteiger partial charge on any atom is 0.243 e. The van der Waals surface area contributed by atoms with Gasteiger partial charge in [-0.2, -0.15) is 5.10 Å². The number of pyridine rings is 1. The van der Waals surface area contributed by atoms with Crippen LogP contribution in [0.25, 0.3) is 0 Å². The predicted molar refractivity (Wildman–Crippen MR) is 99.6 cm³/mol. The molecule has 1 aliphatic heterocycles. The lowest BCUT2D eigenvalue weighted by atomic mass is 10.1. The van der Waals surface area contributed by atoms with Gasteiger partial charge < -0.3 is 5.32 Å². The van der Waals surface area contributed by atoms with Crippen LogP contribution < -0.4 is 5.32 Å². The Hall–Kier alpha value is -2.48. The SMILES string of the molecule is C=C(SC(=N)c1ccc(C)nc1)C1=NN(CC(=O)NCC)C(=O)CC1. The highest BCUT2D eigenvalue weighted by Crippen LogP contribution is 2.25. The van der Waals surface area contributed by atoms with E-state index in [0.717, 1.165) is 5.69 Å². The van der Waals surface area contributed by atoms with Crippen molar-refractivity contribution < 1.29 is 9.59 Å². The summed E-state index contributed by atoms with van der Waals surface area (Å²) >= 11 is 1.18. The monoisotopic (exact) mass is 359 g/mol. The van der Waals surface area contributed by atoms with Crippen LogP contribution >= 0.6 is 11.8 Å². The summed E-state index contributed by atoms with van der Waals surface area (Å²) in [5.41, 5.74) is 2.21. The van der Waals surface area contributed by atoms with E-state index in [1.54, 1.807) is 6.20 Å². The van der Waals surface area contributed by atoms with Gasteiger partial charge in [0.05, 0.1) is 5.71 Å². The number of amides is 2. The van der Waals surface area contributed by atoms with Crippen molar-refractivity contribution in [2.45, 2.75) is 26.7 Å². The summed E-state index contributed by atoms with van der Waals surface area (Å²) in [6, 6.07) is 3.68. The standard InChI is InChI=1S/C17H21N5O2S/c1-4-19-15(23)10-22-16(24)8-7-14(21-22)12(3)25-17(18)13-6-5-11(2)20-9-13/h5-6,9,18H,3-4,7-8,10H2,1-2H3,(H,19,23). The van der Waals surface area contributed by atoms with Gasteiger partial charge in [-0.1, -0.05) is 18.3 Å². The number of hydrazone groups is 1. The molecule has 1 aliphatic rings. The summed E-state index contributed by atoms with van der Waals surface area (Å²) in [5, 5.41) is 16.6. The minimum absolute atomic E-state index is 0.104. The topological polar surface area (TPSA) is 98.5 Å². The van der Waals surface area contributed by atoms with Crippen LogP contribution in [0.1, 0.15) is 31.0 Å². The maximum absolute atomic E-state index is 11.9. The Bertz CT molecular complexity index is 727. The number of aryl methyl sites for hydroxylation is 1. The van der Waals surface area contributed by atoms with E-state index in [9.17, 15) is 9.59 Å². The first-order valence-electron chi connectivity index (χ1n) is 7.94. The minimum atomic E-state index is -0.252. The molecule has 2 amide bonds. The molecule has 0 bridgehead atoms. The number of carbonyl (C=O) groups excluding carboxylic acids is 2. The van der Waals surface area contributed by atoms with E-state index in [2.05, 4.69) is 22.0 Å². The van der Waals surface area contributed by atoms with Crippen LogP contribution in [0.2, 0.25) is 0 Å². The third-order valence-corrected chi connectivity index (χ3v) is 4.41. The molecule has 2 heterocycles. The molecule has 1 aromatic rings. The molecule has 25 heavy (non-hydrogen) atoms. The Morgan fingerprint density at radius 3 is 2.84 bits per heavy atom. The van der Waals surface area contributed by atoms with Gasteiger partial charge in [0.1, 0.15) is 11.6 Å². The molecule has 0 atom stereocenters. The predicted octanol–water partition coefficient (Wildman–Crippen LogP) is 2.08. The third kappa shape index (κ3) is 5.25. The number of nitrogens with zero attached hydrogens (tertiary/aromatic N) is 3. The number of hydrogen-bond donors (Lipinski definition) is 2. The Morgan fingerprint density at radius 2 is 2.20 bits per heavy atom. The zero-order valence-corrected chi connectivity index (χ0v) is 15.2. The number of rotatable bonds is 6. The average molecular weight is 359 g/mol. The molecule has 0 aromatic carbocycles. The largest absolute Gasteiger partial charge is 0.355 e. The van der Waals surface area contributed by atoms with Crippen LogP contribution in [0.5, 0.6) is 0 Å². The van der Waals surface area contributed by atoms with Gasteiger partial charge >= 0.3 is 0 Å². The molecule has 0 spiro atoms. The fraction of sp³-hybridized carbons (Fsp3) is 0.353. The van der Waals surface area contributed by atoms with E-state index in [4.69, 9.17) is 5.41 Å². The second-order valence-electron chi connectivity index (χ2n) is 5.49. The molecule has 0 radical (unpaired) electrons. The fourth-order valence-corrected chi connectivity index (χ4v) is 2.90. The molecule has 0 saturated carbocycles. The summed E-state index contributed by atoms with van der Waals surface area (Å²) in [4.78, 5) is 28.4. The maximum atomic E-state index is 11.9. The number of carbonyl (C=O) groups is 2. The first-order valence-corrected chi connectivity index (χ1v) is 8.75. The van der Waals surface area contributed by atoms with Gasteiger partial charge in [0, 0.05) is 41.7 Å². The number of thioether (sulfide) groups is 1. The Kier molecular flexibility index (Phi) is 6.46. The second kappa shape index (κ2) is 8.57. The lowest BCUT2D eigenvalue weighted by Gasteiger charge is -2.23. The van der Waals surface area contributed by atoms with Crippen molar-refractivity contribution in [2.24, 2.45) is 5.10 Å². The van der Waals surface area contributed by atoms with E-state index in [-0.39, 0.29) is 24.8 Å². The normalized spacial score (nSPS) is 14.1. The molecule has 8 heteroatoms. The molecule has 0 fully saturated rings. The van der Waals surface area contributed by atoms with E-state index < -0.39 is 0 Å². The zero-order chi connectivity index (χ0) is 18.4. The average Bonchev–Trinajstić information content (AvgIpc) is 2.57. The summed E-state index contributed by atoms with van der Waals surface area (Å²) in [6.45, 7) is 8.07. The van der Waals surface area contributed by atoms with Crippen molar-refractivity contribution in [2.75, 3.05) is 13.1 Å². The molecular weight excluding hydrogens is 338 g/mol. The van der Waals surface area contributed by atoms with Gasteiger partial charge in [-0.15, -0.1) is 0 Å². The van der Waals surface area contributed by atoms with Crippen molar-refractivity contribution in [1.82, 2.24) is 15.3 Å². The van der Waals surface area contributed by atoms with Crippen molar-refractivity contribution >= 4 is 34.3 Å². The van der Waals surface area contributed by atoms with E-state index in [0.29, 0.717) is 34.2 Å². The minimum Gasteiger partial charge on any atom is -0.355 e. The van der Waals surface area contributed by atoms with Gasteiger partial charge in [0.2, 0.25) is 11.8 Å². The summed E-state index contributed by atoms with van der Waals surface area (Å²) < 4.78 is 0. The number of nitrogens with one attached hydrogen (secondary N) is 2. The Morgan fingerprint density at radius 1 is 1.44 bits per heavy atom. The Labute approximate surface area is 151 Å². The van der Waals surface area contributed by atoms with Crippen molar-refractivity contribution in [3.63, 3.8) is 0 Å². The lowest BCUT2D eigenvalue weighted by Crippen LogP contribution is -2.40. The number of aromatic nitrogens is 1. The van der Waals surface area contributed by atoms with E-state index >= 15 is 0 Å².